The van der Waals surface area contributed by atoms with Crippen molar-refractivity contribution in [3.63, 3.8) is 0 Å². The van der Waals surface area contributed by atoms with Gasteiger partial charge in [0.25, 0.3) is 11.8 Å². The largest absolute Gasteiger partial charge is 0.373 e. The fraction of sp³-hybridized carbons (Fsp3) is 0.471. The minimum atomic E-state index is -0.295. The number of fused-ring (bicyclic) bond motifs is 1. The van der Waals surface area contributed by atoms with E-state index in [4.69, 9.17) is 9.26 Å². The first-order chi connectivity index (χ1) is 12.2. The van der Waals surface area contributed by atoms with Crippen LogP contribution in [0.15, 0.2) is 16.7 Å². The molecule has 1 fully saturated rings. The highest BCUT2D eigenvalue weighted by atomic mass is 32.1. The summed E-state index contributed by atoms with van der Waals surface area (Å²) in [6.45, 7) is 1.69. The molecule has 0 bridgehead atoms. The normalized spacial score (nSPS) is 19.7. The van der Waals surface area contributed by atoms with E-state index in [2.05, 4.69) is 10.5 Å². The summed E-state index contributed by atoms with van der Waals surface area (Å²) in [6.07, 6.45) is 2.76. The number of hydrogen-bond donors (Lipinski definition) is 1. The van der Waals surface area contributed by atoms with Gasteiger partial charge in [0.15, 0.2) is 5.69 Å². The van der Waals surface area contributed by atoms with Crippen LogP contribution in [0.2, 0.25) is 0 Å². The van der Waals surface area contributed by atoms with E-state index in [1.54, 1.807) is 11.9 Å². The lowest BCUT2D eigenvalue weighted by Crippen LogP contribution is -2.36. The molecule has 132 valence electrons. The third kappa shape index (κ3) is 2.96. The maximum atomic E-state index is 12.9. The van der Waals surface area contributed by atoms with Crippen molar-refractivity contribution in [2.24, 2.45) is 0 Å². The molecule has 1 atom stereocenters. The van der Waals surface area contributed by atoms with Crippen LogP contribution in [0, 0.1) is 0 Å². The summed E-state index contributed by atoms with van der Waals surface area (Å²) in [6, 6.07) is 3.85. The van der Waals surface area contributed by atoms with Crippen LogP contribution < -0.4 is 5.32 Å². The Hall–Kier alpha value is -2.19. The first-order valence-corrected chi connectivity index (χ1v) is 9.19. The molecule has 2 aromatic rings. The minimum Gasteiger partial charge on any atom is -0.373 e. The van der Waals surface area contributed by atoms with Crippen molar-refractivity contribution in [2.45, 2.75) is 31.9 Å². The van der Waals surface area contributed by atoms with Gasteiger partial charge in [-0.3, -0.25) is 9.59 Å². The lowest BCUT2D eigenvalue weighted by Gasteiger charge is -2.25. The third-order valence-corrected chi connectivity index (χ3v) is 5.81. The van der Waals surface area contributed by atoms with Gasteiger partial charge in [-0.05, 0) is 25.0 Å². The van der Waals surface area contributed by atoms with E-state index in [1.165, 1.54) is 11.3 Å². The first kappa shape index (κ1) is 16.3. The van der Waals surface area contributed by atoms with E-state index in [-0.39, 0.29) is 23.6 Å². The molecule has 8 heteroatoms. The molecule has 25 heavy (non-hydrogen) atoms. The van der Waals surface area contributed by atoms with Crippen LogP contribution in [0.5, 0.6) is 0 Å². The Morgan fingerprint density at radius 1 is 1.40 bits per heavy atom. The van der Waals surface area contributed by atoms with Gasteiger partial charge in [-0.15, -0.1) is 11.3 Å². The van der Waals surface area contributed by atoms with Crippen LogP contribution in [-0.2, 0) is 17.7 Å². The SMILES string of the molecule is CNC(=O)c1noc2c1CN(C(=O)c1ccc([C@H]3CCCO3)s1)CC2. The van der Waals surface area contributed by atoms with Crippen molar-refractivity contribution in [1.82, 2.24) is 15.4 Å². The minimum absolute atomic E-state index is 0.0241. The summed E-state index contributed by atoms with van der Waals surface area (Å²) in [7, 11) is 1.55. The van der Waals surface area contributed by atoms with Crippen molar-refractivity contribution in [1.29, 1.82) is 0 Å². The van der Waals surface area contributed by atoms with Crippen LogP contribution in [0.3, 0.4) is 0 Å². The Morgan fingerprint density at radius 3 is 3.04 bits per heavy atom. The number of nitrogens with zero attached hydrogens (tertiary/aromatic N) is 2. The highest BCUT2D eigenvalue weighted by molar-refractivity contribution is 7.14. The Balaban J connectivity index is 1.52. The molecule has 0 spiro atoms. The van der Waals surface area contributed by atoms with E-state index in [0.717, 1.165) is 24.3 Å². The molecule has 7 nitrogen and oxygen atoms in total. The predicted molar refractivity (Wildman–Crippen MR) is 90.6 cm³/mol. The Bertz CT molecular complexity index is 807. The summed E-state index contributed by atoms with van der Waals surface area (Å²) >= 11 is 1.50. The van der Waals surface area contributed by atoms with E-state index < -0.39 is 0 Å². The zero-order valence-corrected chi connectivity index (χ0v) is 14.7. The molecule has 1 saturated heterocycles. The molecule has 4 rings (SSSR count). The molecule has 1 N–H and O–H groups in total. The number of carbonyl (C=O) groups excluding carboxylic acids is 2. The van der Waals surface area contributed by atoms with Crippen LogP contribution in [0.25, 0.3) is 0 Å². The molecule has 2 aliphatic rings. The van der Waals surface area contributed by atoms with Crippen molar-refractivity contribution in [3.8, 4) is 0 Å². The molecular formula is C17H19N3O4S. The van der Waals surface area contributed by atoms with Gasteiger partial charge in [0.1, 0.15) is 5.76 Å². The zero-order valence-electron chi connectivity index (χ0n) is 13.9. The lowest BCUT2D eigenvalue weighted by molar-refractivity contribution is 0.0732. The third-order valence-electron chi connectivity index (χ3n) is 4.64. The molecule has 4 heterocycles. The van der Waals surface area contributed by atoms with Gasteiger partial charge in [0.05, 0.1) is 17.5 Å². The number of ether oxygens (including phenoxy) is 1. The molecule has 0 unspecified atom stereocenters. The topological polar surface area (TPSA) is 84.7 Å². The van der Waals surface area contributed by atoms with Gasteiger partial charge in [-0.1, -0.05) is 5.16 Å². The van der Waals surface area contributed by atoms with E-state index >= 15 is 0 Å². The summed E-state index contributed by atoms with van der Waals surface area (Å²) in [5.41, 5.74) is 0.969. The van der Waals surface area contributed by atoms with E-state index in [9.17, 15) is 9.59 Å². The highest BCUT2D eigenvalue weighted by Crippen LogP contribution is 2.34. The molecule has 0 saturated carbocycles. The number of carbonyl (C=O) groups is 2. The van der Waals surface area contributed by atoms with Crippen molar-refractivity contribution in [2.75, 3.05) is 20.2 Å². The fourth-order valence-electron chi connectivity index (χ4n) is 3.28. The van der Waals surface area contributed by atoms with Gasteiger partial charge in [0.2, 0.25) is 0 Å². The predicted octanol–water partition coefficient (Wildman–Crippen LogP) is 2.15. The molecule has 0 aliphatic carbocycles. The lowest BCUT2D eigenvalue weighted by atomic mass is 10.1. The van der Waals surface area contributed by atoms with Gasteiger partial charge in [0, 0.05) is 37.1 Å². The second kappa shape index (κ2) is 6.61. The summed E-state index contributed by atoms with van der Waals surface area (Å²) in [5, 5.41) is 6.40. The number of thiophene rings is 1. The molecular weight excluding hydrogens is 342 g/mol. The van der Waals surface area contributed by atoms with Gasteiger partial charge in [-0.2, -0.15) is 0 Å². The van der Waals surface area contributed by atoms with Gasteiger partial charge >= 0.3 is 0 Å². The number of nitrogens with one attached hydrogen (secondary N) is 1. The average molecular weight is 361 g/mol. The van der Waals surface area contributed by atoms with E-state index in [0.29, 0.717) is 35.7 Å². The molecule has 0 aromatic carbocycles. The highest BCUT2D eigenvalue weighted by Gasteiger charge is 2.30. The van der Waals surface area contributed by atoms with Crippen molar-refractivity contribution < 1.29 is 18.8 Å². The average Bonchev–Trinajstić information content (AvgIpc) is 3.39. The molecule has 2 amide bonds. The number of rotatable bonds is 3. The molecule has 2 aromatic heterocycles. The number of aromatic nitrogens is 1. The Morgan fingerprint density at radius 2 is 2.28 bits per heavy atom. The Kier molecular flexibility index (Phi) is 4.30. The van der Waals surface area contributed by atoms with Crippen LogP contribution in [0.1, 0.15) is 55.3 Å². The summed E-state index contributed by atoms with van der Waals surface area (Å²) in [4.78, 5) is 28.3. The van der Waals surface area contributed by atoms with Crippen LogP contribution in [0.4, 0.5) is 0 Å². The van der Waals surface area contributed by atoms with Crippen molar-refractivity contribution >= 4 is 23.2 Å². The number of amides is 2. The van der Waals surface area contributed by atoms with E-state index in [1.807, 2.05) is 12.1 Å². The molecule has 0 radical (unpaired) electrons. The second-order valence-electron chi connectivity index (χ2n) is 6.19. The van der Waals surface area contributed by atoms with Crippen LogP contribution in [-0.4, -0.2) is 42.1 Å². The van der Waals surface area contributed by atoms with Gasteiger partial charge < -0.3 is 19.5 Å². The van der Waals surface area contributed by atoms with Crippen molar-refractivity contribution in [3.05, 3.63) is 38.9 Å². The quantitative estimate of drug-likeness (QED) is 0.905. The maximum Gasteiger partial charge on any atom is 0.273 e. The fourth-order valence-corrected chi connectivity index (χ4v) is 4.34. The van der Waals surface area contributed by atoms with Crippen LogP contribution >= 0.6 is 11.3 Å². The standard InChI is InChI=1S/C17H19N3O4S/c1-18-16(21)15-10-9-20(7-6-11(10)24-19-15)17(22)14-5-4-13(25-14)12-3-2-8-23-12/h4-5,12H,2-3,6-9H2,1H3,(H,18,21)/t12-/m1/s1. The first-order valence-electron chi connectivity index (χ1n) is 8.37. The number of hydrogen-bond acceptors (Lipinski definition) is 6. The van der Waals surface area contributed by atoms with Gasteiger partial charge in [-0.25, -0.2) is 0 Å². The Labute approximate surface area is 148 Å². The summed E-state index contributed by atoms with van der Waals surface area (Å²) < 4.78 is 10.9. The molecule has 2 aliphatic heterocycles. The monoisotopic (exact) mass is 361 g/mol. The zero-order chi connectivity index (χ0) is 17.4. The summed E-state index contributed by atoms with van der Waals surface area (Å²) in [5.74, 6) is 0.369. The maximum absolute atomic E-state index is 12.9. The second-order valence-corrected chi connectivity index (χ2v) is 7.31. The smallest absolute Gasteiger partial charge is 0.273 e.